The average Bonchev–Trinajstić information content (AvgIpc) is 1.72. The lowest BCUT2D eigenvalue weighted by Gasteiger charge is -2.10. The van der Waals surface area contributed by atoms with Gasteiger partial charge in [0.1, 0.15) is 0 Å². The van der Waals surface area contributed by atoms with E-state index in [0.29, 0.717) is 0 Å². The van der Waals surface area contributed by atoms with Crippen LogP contribution in [-0.2, 0) is 12.3 Å². The molecule has 0 radical (unpaired) electrons. The zero-order valence-corrected chi connectivity index (χ0v) is 8.81. The second-order valence-corrected chi connectivity index (χ2v) is 6.57. The van der Waals surface area contributed by atoms with Crippen LogP contribution < -0.4 is 0 Å². The molecule has 0 aliphatic carbocycles. The summed E-state index contributed by atoms with van der Waals surface area (Å²) in [5, 5.41) is 0. The van der Waals surface area contributed by atoms with Crippen LogP contribution in [-0.4, -0.2) is 30.0 Å². The molecule has 0 spiro atoms. The van der Waals surface area contributed by atoms with Crippen molar-refractivity contribution in [2.24, 2.45) is 0 Å². The first-order chi connectivity index (χ1) is 3.00. The molecule has 1 saturated heterocycles. The van der Waals surface area contributed by atoms with Gasteiger partial charge in [-0.15, -0.1) is 12.4 Å². The minimum Gasteiger partial charge on any atom is -0.425 e. The standard InChI is InChI=1S/ClH.H6O3Si3/c;1-4-2-6-3-5-1/h1H;4-6H2. The zero-order chi connectivity index (χ0) is 4.24. The maximum absolute atomic E-state index is 4.94. The monoisotopic (exact) mass is 174 g/mol. The van der Waals surface area contributed by atoms with Crippen molar-refractivity contribution in [3.63, 3.8) is 0 Å². The Labute approximate surface area is 55.3 Å². The molecular weight excluding hydrogens is 168 g/mol. The Morgan fingerprint density at radius 2 is 1.00 bits per heavy atom. The Bertz CT molecular complexity index is 25.7. The van der Waals surface area contributed by atoms with Gasteiger partial charge >= 0.3 is 0 Å². The van der Waals surface area contributed by atoms with Gasteiger partial charge in [0, 0.05) is 0 Å². The summed E-state index contributed by atoms with van der Waals surface area (Å²) in [6, 6.07) is 0. The van der Waals surface area contributed by atoms with Gasteiger partial charge in [0.2, 0.25) is 0 Å². The second kappa shape index (κ2) is 4.97. The van der Waals surface area contributed by atoms with Crippen LogP contribution in [0.25, 0.3) is 0 Å². The van der Waals surface area contributed by atoms with Gasteiger partial charge in [-0.2, -0.15) is 0 Å². The van der Waals surface area contributed by atoms with E-state index < -0.39 is 30.0 Å². The third-order valence-electron chi connectivity index (χ3n) is 0.500. The fraction of sp³-hybridized carbons (Fsp3) is 0. The number of halogens is 1. The Hall–Kier alpha value is 0.821. The molecule has 0 aromatic carbocycles. The van der Waals surface area contributed by atoms with E-state index in [0.717, 1.165) is 0 Å². The Morgan fingerprint density at radius 3 is 1.14 bits per heavy atom. The molecule has 1 rings (SSSR count). The fourth-order valence-corrected chi connectivity index (χ4v) is 5.69. The third kappa shape index (κ3) is 3.41. The largest absolute Gasteiger partial charge is 0.425 e. The lowest BCUT2D eigenvalue weighted by atomic mass is 15.7. The molecule has 7 heavy (non-hydrogen) atoms. The highest BCUT2D eigenvalue weighted by atomic mass is 35.5. The van der Waals surface area contributed by atoms with Gasteiger partial charge in [0.25, 0.3) is 30.0 Å². The van der Waals surface area contributed by atoms with Gasteiger partial charge < -0.3 is 12.3 Å². The van der Waals surface area contributed by atoms with Gasteiger partial charge in [0.05, 0.1) is 0 Å². The lowest BCUT2D eigenvalue weighted by Crippen LogP contribution is -2.23. The van der Waals surface area contributed by atoms with Crippen molar-refractivity contribution in [2.45, 2.75) is 0 Å². The third-order valence-corrected chi connectivity index (χ3v) is 4.50. The van der Waals surface area contributed by atoms with Crippen molar-refractivity contribution in [2.75, 3.05) is 0 Å². The minimum atomic E-state index is -0.493. The maximum Gasteiger partial charge on any atom is 0.286 e. The summed E-state index contributed by atoms with van der Waals surface area (Å²) < 4.78 is 14.8. The first kappa shape index (κ1) is 7.82. The molecule has 0 aromatic rings. The highest BCUT2D eigenvalue weighted by molar-refractivity contribution is 6.50. The molecule has 0 amide bonds. The Balaban J connectivity index is 0.000000360. The number of rotatable bonds is 0. The van der Waals surface area contributed by atoms with Gasteiger partial charge in [0.15, 0.2) is 0 Å². The molecule has 1 aliphatic heterocycles. The molecule has 0 unspecified atom stereocenters. The Morgan fingerprint density at radius 1 is 0.714 bits per heavy atom. The van der Waals surface area contributed by atoms with Gasteiger partial charge in [-0.1, -0.05) is 0 Å². The molecule has 0 saturated carbocycles. The molecule has 0 N–H and O–H groups in total. The quantitative estimate of drug-likeness (QED) is 0.380. The van der Waals surface area contributed by atoms with Crippen molar-refractivity contribution < 1.29 is 12.3 Å². The highest BCUT2D eigenvalue weighted by Gasteiger charge is 1.96. The van der Waals surface area contributed by atoms with E-state index in [2.05, 4.69) is 0 Å². The van der Waals surface area contributed by atoms with Gasteiger partial charge in [-0.05, 0) is 0 Å². The maximum atomic E-state index is 4.94. The number of hydrogen-bond donors (Lipinski definition) is 0. The van der Waals surface area contributed by atoms with Crippen molar-refractivity contribution in [1.82, 2.24) is 0 Å². The van der Waals surface area contributed by atoms with E-state index in [1.807, 2.05) is 0 Å². The smallest absolute Gasteiger partial charge is 0.286 e. The van der Waals surface area contributed by atoms with E-state index in [1.165, 1.54) is 0 Å². The summed E-state index contributed by atoms with van der Waals surface area (Å²) in [5.41, 5.74) is 0. The normalized spacial score (nSPS) is 30.9. The van der Waals surface area contributed by atoms with E-state index in [-0.39, 0.29) is 12.4 Å². The summed E-state index contributed by atoms with van der Waals surface area (Å²) in [6.07, 6.45) is 0. The lowest BCUT2D eigenvalue weighted by molar-refractivity contribution is 0.347. The first-order valence-electron chi connectivity index (χ1n) is 1.73. The van der Waals surface area contributed by atoms with Crippen LogP contribution in [0.15, 0.2) is 0 Å². The minimum absolute atomic E-state index is 0. The van der Waals surface area contributed by atoms with Crippen LogP contribution >= 0.6 is 12.4 Å². The summed E-state index contributed by atoms with van der Waals surface area (Å²) in [4.78, 5) is 0. The summed E-state index contributed by atoms with van der Waals surface area (Å²) >= 11 is 0. The molecule has 3 nitrogen and oxygen atoms in total. The average molecular weight is 175 g/mol. The van der Waals surface area contributed by atoms with Crippen molar-refractivity contribution in [3.8, 4) is 0 Å². The SMILES string of the molecule is Cl.O1[SiH2]O[SiH2]O[SiH2]1. The molecule has 1 heterocycles. The zero-order valence-electron chi connectivity index (χ0n) is 3.75. The molecule has 7 heteroatoms. The Kier molecular flexibility index (Phi) is 5.55. The first-order valence-corrected chi connectivity index (χ1v) is 5.20. The predicted molar refractivity (Wildman–Crippen MR) is 36.1 cm³/mol. The van der Waals surface area contributed by atoms with Crippen molar-refractivity contribution in [1.29, 1.82) is 0 Å². The summed E-state index contributed by atoms with van der Waals surface area (Å²) in [7, 11) is -1.48. The molecule has 44 valence electrons. The molecule has 0 atom stereocenters. The van der Waals surface area contributed by atoms with Crippen LogP contribution in [0.2, 0.25) is 0 Å². The number of hydrogen-bond acceptors (Lipinski definition) is 3. The van der Waals surface area contributed by atoms with Crippen LogP contribution in [0.3, 0.4) is 0 Å². The van der Waals surface area contributed by atoms with Crippen LogP contribution in [0, 0.1) is 0 Å². The molecule has 0 aromatic heterocycles. The molecular formula is H7ClO3Si3. The van der Waals surface area contributed by atoms with E-state index >= 15 is 0 Å². The highest BCUT2D eigenvalue weighted by Crippen LogP contribution is 1.78. The molecule has 1 fully saturated rings. The molecule has 1 aliphatic rings. The second-order valence-electron chi connectivity index (χ2n) is 0.966. The van der Waals surface area contributed by atoms with Crippen LogP contribution in [0.5, 0.6) is 0 Å². The predicted octanol–water partition coefficient (Wildman–Crippen LogP) is -2.53. The van der Waals surface area contributed by atoms with Gasteiger partial charge in [-0.25, -0.2) is 0 Å². The fourth-order valence-electron chi connectivity index (χ4n) is 0.279. The topological polar surface area (TPSA) is 27.7 Å². The van der Waals surface area contributed by atoms with Crippen LogP contribution in [0.4, 0.5) is 0 Å². The molecule has 0 bridgehead atoms. The van der Waals surface area contributed by atoms with Crippen molar-refractivity contribution >= 4 is 42.4 Å². The van der Waals surface area contributed by atoms with Crippen molar-refractivity contribution in [3.05, 3.63) is 0 Å². The van der Waals surface area contributed by atoms with Crippen LogP contribution in [0.1, 0.15) is 0 Å². The van der Waals surface area contributed by atoms with Gasteiger partial charge in [-0.3, -0.25) is 0 Å². The summed E-state index contributed by atoms with van der Waals surface area (Å²) in [5.74, 6) is 0. The summed E-state index contributed by atoms with van der Waals surface area (Å²) in [6.45, 7) is 0. The van der Waals surface area contributed by atoms with E-state index in [9.17, 15) is 0 Å². The van der Waals surface area contributed by atoms with E-state index in [1.54, 1.807) is 0 Å². The van der Waals surface area contributed by atoms with E-state index in [4.69, 9.17) is 12.3 Å².